The van der Waals surface area contributed by atoms with E-state index in [0.29, 0.717) is 0 Å². The van der Waals surface area contributed by atoms with E-state index in [0.717, 1.165) is 12.3 Å². The van der Waals surface area contributed by atoms with Gasteiger partial charge in [0.2, 0.25) is 0 Å². The van der Waals surface area contributed by atoms with Crippen LogP contribution in [0.5, 0.6) is 0 Å². The number of alkyl halides is 1. The monoisotopic (exact) mass is 228 g/mol. The predicted octanol–water partition coefficient (Wildman–Crippen LogP) is 4.50. The molecule has 0 unspecified atom stereocenters. The molecule has 0 saturated carbocycles. The highest BCUT2D eigenvalue weighted by Gasteiger charge is 1.94. The Balaban J connectivity index is 2.18. The highest BCUT2D eigenvalue weighted by molar-refractivity contribution is 7.99. The summed E-state index contributed by atoms with van der Waals surface area (Å²) in [7, 11) is 0. The van der Waals surface area contributed by atoms with Crippen molar-refractivity contribution >= 4 is 23.4 Å². The molecule has 0 aromatic heterocycles. The number of unbranched alkanes of at least 4 members (excludes halogenated alkanes) is 2. The molecule has 0 bridgehead atoms. The summed E-state index contributed by atoms with van der Waals surface area (Å²) in [4.78, 5) is 1.39. The number of thioether (sulfide) groups is 1. The Morgan fingerprint density at radius 3 is 2.79 bits per heavy atom. The zero-order chi connectivity index (χ0) is 10.2. The second-order valence-corrected chi connectivity index (χ2v) is 4.96. The lowest BCUT2D eigenvalue weighted by Gasteiger charge is -2.01. The molecular weight excluding hydrogens is 212 g/mol. The van der Waals surface area contributed by atoms with Crippen LogP contribution in [0.4, 0.5) is 0 Å². The summed E-state index contributed by atoms with van der Waals surface area (Å²) < 4.78 is 0. The summed E-state index contributed by atoms with van der Waals surface area (Å²) in [6.45, 7) is 2.14. The van der Waals surface area contributed by atoms with Crippen LogP contribution in [0.2, 0.25) is 0 Å². The minimum atomic E-state index is 0.801. The van der Waals surface area contributed by atoms with Crippen molar-refractivity contribution < 1.29 is 0 Å². The van der Waals surface area contributed by atoms with Gasteiger partial charge in [-0.1, -0.05) is 24.1 Å². The molecule has 0 fully saturated rings. The topological polar surface area (TPSA) is 0 Å². The Bertz CT molecular complexity index is 260. The molecule has 0 atom stereocenters. The zero-order valence-corrected chi connectivity index (χ0v) is 10.2. The van der Waals surface area contributed by atoms with Crippen molar-refractivity contribution in [2.75, 3.05) is 11.6 Å². The molecule has 0 N–H and O–H groups in total. The van der Waals surface area contributed by atoms with E-state index in [1.165, 1.54) is 29.1 Å². The van der Waals surface area contributed by atoms with Gasteiger partial charge in [-0.25, -0.2) is 0 Å². The Morgan fingerprint density at radius 2 is 2.07 bits per heavy atom. The van der Waals surface area contributed by atoms with E-state index in [1.807, 2.05) is 11.8 Å². The molecule has 2 heteroatoms. The molecule has 0 saturated heterocycles. The Labute approximate surface area is 96.0 Å². The fourth-order valence-electron chi connectivity index (χ4n) is 1.27. The molecular formula is C12H17ClS. The Hall–Kier alpha value is -0.140. The molecule has 14 heavy (non-hydrogen) atoms. The summed E-state index contributed by atoms with van der Waals surface area (Å²) in [5.41, 5.74) is 1.34. The van der Waals surface area contributed by atoms with Crippen molar-refractivity contribution in [1.82, 2.24) is 0 Å². The fraction of sp³-hybridized carbons (Fsp3) is 0.500. The van der Waals surface area contributed by atoms with E-state index < -0.39 is 0 Å². The molecule has 0 heterocycles. The van der Waals surface area contributed by atoms with Gasteiger partial charge in [0.15, 0.2) is 0 Å². The third-order valence-electron chi connectivity index (χ3n) is 2.04. The van der Waals surface area contributed by atoms with Gasteiger partial charge in [0, 0.05) is 10.8 Å². The molecule has 78 valence electrons. The normalized spacial score (nSPS) is 10.4. The third-order valence-corrected chi connectivity index (χ3v) is 3.38. The SMILES string of the molecule is Cc1cccc(SCCCCCCl)c1. The van der Waals surface area contributed by atoms with Crippen LogP contribution >= 0.6 is 23.4 Å². The number of aryl methyl sites for hydroxylation is 1. The molecule has 0 radical (unpaired) electrons. The maximum absolute atomic E-state index is 5.61. The largest absolute Gasteiger partial charge is 0.127 e. The molecule has 0 aliphatic heterocycles. The zero-order valence-electron chi connectivity index (χ0n) is 8.63. The number of halogens is 1. The van der Waals surface area contributed by atoms with Crippen LogP contribution < -0.4 is 0 Å². The fourth-order valence-corrected chi connectivity index (χ4v) is 2.49. The van der Waals surface area contributed by atoms with Crippen molar-refractivity contribution in [3.63, 3.8) is 0 Å². The quantitative estimate of drug-likeness (QED) is 0.393. The van der Waals surface area contributed by atoms with Crippen LogP contribution in [-0.2, 0) is 0 Å². The van der Waals surface area contributed by atoms with Gasteiger partial charge >= 0.3 is 0 Å². The van der Waals surface area contributed by atoms with Gasteiger partial charge in [0.25, 0.3) is 0 Å². The lowest BCUT2D eigenvalue weighted by molar-refractivity contribution is 0.783. The Morgan fingerprint density at radius 1 is 1.21 bits per heavy atom. The van der Waals surface area contributed by atoms with Gasteiger partial charge in [0.05, 0.1) is 0 Å². The number of rotatable bonds is 6. The first kappa shape index (κ1) is 11.9. The van der Waals surface area contributed by atoms with Crippen LogP contribution in [0.3, 0.4) is 0 Å². The smallest absolute Gasteiger partial charge is 0.0223 e. The van der Waals surface area contributed by atoms with E-state index >= 15 is 0 Å². The average Bonchev–Trinajstić information content (AvgIpc) is 2.18. The van der Waals surface area contributed by atoms with E-state index in [-0.39, 0.29) is 0 Å². The minimum Gasteiger partial charge on any atom is -0.127 e. The second-order valence-electron chi connectivity index (χ2n) is 3.41. The average molecular weight is 229 g/mol. The molecule has 0 aliphatic rings. The first-order chi connectivity index (χ1) is 6.83. The highest BCUT2D eigenvalue weighted by atomic mass is 35.5. The minimum absolute atomic E-state index is 0.801. The van der Waals surface area contributed by atoms with Gasteiger partial charge in [-0.2, -0.15) is 0 Å². The van der Waals surface area contributed by atoms with Gasteiger partial charge in [-0.05, 0) is 37.7 Å². The molecule has 0 aliphatic carbocycles. The first-order valence-electron chi connectivity index (χ1n) is 5.08. The number of benzene rings is 1. The van der Waals surface area contributed by atoms with Crippen LogP contribution in [0, 0.1) is 6.92 Å². The van der Waals surface area contributed by atoms with Gasteiger partial charge in [0.1, 0.15) is 0 Å². The van der Waals surface area contributed by atoms with Crippen LogP contribution in [-0.4, -0.2) is 11.6 Å². The van der Waals surface area contributed by atoms with Crippen LogP contribution in [0.15, 0.2) is 29.2 Å². The summed E-state index contributed by atoms with van der Waals surface area (Å²) in [5.74, 6) is 2.01. The van der Waals surface area contributed by atoms with E-state index in [1.54, 1.807) is 0 Å². The molecule has 1 aromatic carbocycles. The summed E-state index contributed by atoms with van der Waals surface area (Å²) in [5, 5.41) is 0. The van der Waals surface area contributed by atoms with Crippen molar-refractivity contribution in [3.8, 4) is 0 Å². The van der Waals surface area contributed by atoms with E-state index in [9.17, 15) is 0 Å². The molecule has 0 spiro atoms. The van der Waals surface area contributed by atoms with Gasteiger partial charge in [-0.15, -0.1) is 23.4 Å². The predicted molar refractivity (Wildman–Crippen MR) is 66.5 cm³/mol. The van der Waals surface area contributed by atoms with Gasteiger partial charge < -0.3 is 0 Å². The maximum Gasteiger partial charge on any atom is 0.0223 e. The summed E-state index contributed by atoms with van der Waals surface area (Å²) >= 11 is 7.55. The van der Waals surface area contributed by atoms with Crippen LogP contribution in [0.1, 0.15) is 24.8 Å². The number of hydrogen-bond acceptors (Lipinski definition) is 1. The molecule has 0 amide bonds. The maximum atomic E-state index is 5.61. The summed E-state index contributed by atoms with van der Waals surface area (Å²) in [6, 6.07) is 8.68. The van der Waals surface area contributed by atoms with Crippen LogP contribution in [0.25, 0.3) is 0 Å². The standard InChI is InChI=1S/C12H17ClS/c1-11-6-5-7-12(10-11)14-9-4-2-3-8-13/h5-7,10H,2-4,8-9H2,1H3. The lowest BCUT2D eigenvalue weighted by atomic mass is 10.2. The number of hydrogen-bond donors (Lipinski definition) is 0. The Kier molecular flexibility index (Phi) is 6.13. The van der Waals surface area contributed by atoms with Crippen molar-refractivity contribution in [2.24, 2.45) is 0 Å². The lowest BCUT2D eigenvalue weighted by Crippen LogP contribution is -1.82. The van der Waals surface area contributed by atoms with E-state index in [4.69, 9.17) is 11.6 Å². The second kappa shape index (κ2) is 7.19. The van der Waals surface area contributed by atoms with E-state index in [2.05, 4.69) is 31.2 Å². The molecule has 1 rings (SSSR count). The summed E-state index contributed by atoms with van der Waals surface area (Å²) in [6.07, 6.45) is 3.67. The van der Waals surface area contributed by atoms with Crippen molar-refractivity contribution in [2.45, 2.75) is 31.1 Å². The highest BCUT2D eigenvalue weighted by Crippen LogP contribution is 2.20. The molecule has 1 aromatic rings. The third kappa shape index (κ3) is 4.92. The first-order valence-corrected chi connectivity index (χ1v) is 6.60. The van der Waals surface area contributed by atoms with Gasteiger partial charge in [-0.3, -0.25) is 0 Å². The molecule has 0 nitrogen and oxygen atoms in total. The van der Waals surface area contributed by atoms with Crippen molar-refractivity contribution in [1.29, 1.82) is 0 Å². The van der Waals surface area contributed by atoms with Crippen molar-refractivity contribution in [3.05, 3.63) is 29.8 Å².